The van der Waals surface area contributed by atoms with E-state index in [1.54, 1.807) is 48.4 Å². The maximum Gasteiger partial charge on any atom is 0.269 e. The Labute approximate surface area is 314 Å². The molecule has 3 N–H and O–H groups in total. The van der Waals surface area contributed by atoms with Gasteiger partial charge in [-0.2, -0.15) is 11.8 Å². The second-order valence-electron chi connectivity index (χ2n) is 13.9. The number of nitro benzene ring substituents is 1. The molecule has 12 heteroatoms. The number of non-ortho nitro benzene ring substituents is 1. The minimum absolute atomic E-state index is 0.0117. The van der Waals surface area contributed by atoms with Crippen molar-refractivity contribution < 1.29 is 34.6 Å². The van der Waals surface area contributed by atoms with Gasteiger partial charge in [-0.15, -0.1) is 6.58 Å². The molecule has 0 amide bonds. The number of thioether (sulfide) groups is 1. The molecule has 11 nitrogen and oxygen atoms in total. The van der Waals surface area contributed by atoms with Crippen molar-refractivity contribution in [2.75, 3.05) is 25.6 Å². The van der Waals surface area contributed by atoms with Crippen molar-refractivity contribution in [2.45, 2.75) is 74.9 Å². The summed E-state index contributed by atoms with van der Waals surface area (Å²) < 4.78 is 14.0. The van der Waals surface area contributed by atoms with Crippen LogP contribution in [0.15, 0.2) is 96.5 Å². The molecule has 1 aromatic heterocycles. The van der Waals surface area contributed by atoms with Gasteiger partial charge in [-0.1, -0.05) is 30.1 Å². The molecule has 1 aliphatic heterocycles. The summed E-state index contributed by atoms with van der Waals surface area (Å²) in [5, 5.41) is 46.2. The molecule has 3 aliphatic rings. The molecule has 6 rings (SSSR count). The normalized spacial score (nSPS) is 25.1. The lowest BCUT2D eigenvalue weighted by Gasteiger charge is -2.58. The fourth-order valence-corrected chi connectivity index (χ4v) is 9.66. The largest absolute Gasteiger partial charge is 0.508 e. The van der Waals surface area contributed by atoms with E-state index in [9.17, 15) is 25.4 Å². The zero-order valence-electron chi connectivity index (χ0n) is 29.9. The lowest BCUT2D eigenvalue weighted by Crippen LogP contribution is -2.64. The summed E-state index contributed by atoms with van der Waals surface area (Å²) in [4.78, 5) is 21.0. The van der Waals surface area contributed by atoms with Crippen LogP contribution in [0.4, 0.5) is 5.69 Å². The highest BCUT2D eigenvalue weighted by atomic mass is 32.2. The Morgan fingerprint density at radius 1 is 1.04 bits per heavy atom. The SMILES string of the molecule is C=CCOC12Oc3ccc(O)cc3C3C(CCCCO)C(CCCCO)C=C(C(=NOCc4ccc([N+](=O)[O-])cc4)CC1SCCc1ccncc1)C32. The molecule has 2 aliphatic carbocycles. The third kappa shape index (κ3) is 8.78. The maximum atomic E-state index is 11.2. The van der Waals surface area contributed by atoms with Crippen LogP contribution in [-0.2, 0) is 22.6 Å². The standard InChI is InChI=1S/C41H49N3O8S/c1-2-22-50-41-38(53-23-17-28-15-18-42-19-16-28)26-36(43-51-27-29-9-11-31(12-10-29)44(48)49)34-24-30(7-3-5-20-45)33(8-4-6-21-46)39(40(34)41)35-25-32(47)13-14-37(35)52-41/h2,9-16,18-19,24-25,30,33,38-40,45-47H,1,3-8,17,20-23,26-27H2. The van der Waals surface area contributed by atoms with E-state index < -0.39 is 10.7 Å². The van der Waals surface area contributed by atoms with Crippen LogP contribution in [0.2, 0.25) is 0 Å². The van der Waals surface area contributed by atoms with Gasteiger partial charge in [0.1, 0.15) is 18.1 Å². The fourth-order valence-electron chi connectivity index (χ4n) is 8.25. The van der Waals surface area contributed by atoms with E-state index in [2.05, 4.69) is 17.6 Å². The molecule has 2 heterocycles. The Morgan fingerprint density at radius 2 is 1.79 bits per heavy atom. The van der Waals surface area contributed by atoms with Crippen molar-refractivity contribution in [2.24, 2.45) is 22.9 Å². The second-order valence-corrected chi connectivity index (χ2v) is 15.3. The van der Waals surface area contributed by atoms with Crippen LogP contribution in [-0.4, -0.2) is 67.5 Å². The number of aromatic hydroxyl groups is 1. The summed E-state index contributed by atoms with van der Waals surface area (Å²) in [5.41, 5.74) is 4.67. The highest BCUT2D eigenvalue weighted by molar-refractivity contribution is 8.00. The first-order chi connectivity index (χ1) is 25.9. The van der Waals surface area contributed by atoms with Gasteiger partial charge >= 0.3 is 0 Å². The van der Waals surface area contributed by atoms with Crippen molar-refractivity contribution in [3.05, 3.63) is 118 Å². The third-order valence-electron chi connectivity index (χ3n) is 10.6. The smallest absolute Gasteiger partial charge is 0.269 e. The number of pyridine rings is 1. The number of allylic oxidation sites excluding steroid dienone is 1. The number of benzene rings is 2. The highest BCUT2D eigenvalue weighted by Crippen LogP contribution is 2.62. The molecule has 1 fully saturated rings. The van der Waals surface area contributed by atoms with E-state index in [1.165, 1.54) is 17.7 Å². The Balaban J connectivity index is 1.45. The minimum Gasteiger partial charge on any atom is -0.508 e. The van der Waals surface area contributed by atoms with Gasteiger partial charge < -0.3 is 29.6 Å². The number of unbranched alkanes of at least 4 members (excludes halogenated alkanes) is 2. The highest BCUT2D eigenvalue weighted by Gasteiger charge is 2.63. The lowest BCUT2D eigenvalue weighted by molar-refractivity contribution is -0.384. The van der Waals surface area contributed by atoms with Crippen molar-refractivity contribution in [3.63, 3.8) is 0 Å². The van der Waals surface area contributed by atoms with E-state index in [4.69, 9.17) is 19.5 Å². The van der Waals surface area contributed by atoms with Crippen LogP contribution < -0.4 is 4.74 Å². The summed E-state index contributed by atoms with van der Waals surface area (Å²) in [6.07, 6.45) is 13.8. The zero-order chi connectivity index (χ0) is 37.2. The number of fused-ring (bicyclic) bond motifs is 2. The molecule has 282 valence electrons. The number of aryl methyl sites for hydroxylation is 1. The van der Waals surface area contributed by atoms with Crippen LogP contribution in [0.25, 0.3) is 0 Å². The lowest BCUT2D eigenvalue weighted by atomic mass is 9.56. The van der Waals surface area contributed by atoms with Crippen molar-refractivity contribution in [1.82, 2.24) is 4.98 Å². The van der Waals surface area contributed by atoms with E-state index in [-0.39, 0.29) is 66.8 Å². The number of aliphatic hydroxyl groups is 2. The predicted molar refractivity (Wildman–Crippen MR) is 205 cm³/mol. The molecule has 1 saturated carbocycles. The number of oxime groups is 1. The average molecular weight is 744 g/mol. The van der Waals surface area contributed by atoms with Gasteiger partial charge in [-0.05, 0) is 109 Å². The average Bonchev–Trinajstić information content (AvgIpc) is 3.17. The monoisotopic (exact) mass is 743 g/mol. The fraction of sp³-hybridized carbons (Fsp3) is 0.463. The Kier molecular flexibility index (Phi) is 13.2. The number of phenolic OH excluding ortho intramolecular Hbond substituents is 1. The molecule has 6 unspecified atom stereocenters. The van der Waals surface area contributed by atoms with Crippen molar-refractivity contribution in [3.8, 4) is 11.5 Å². The van der Waals surface area contributed by atoms with Crippen LogP contribution in [0.1, 0.15) is 67.6 Å². The van der Waals surface area contributed by atoms with Crippen LogP contribution in [0.3, 0.4) is 0 Å². The predicted octanol–water partition coefficient (Wildman–Crippen LogP) is 7.51. The first kappa shape index (κ1) is 38.5. The summed E-state index contributed by atoms with van der Waals surface area (Å²) in [7, 11) is 0. The first-order valence-electron chi connectivity index (χ1n) is 18.5. The van der Waals surface area contributed by atoms with E-state index in [0.717, 1.165) is 60.3 Å². The minimum atomic E-state index is -1.10. The number of rotatable bonds is 19. The number of ether oxygens (including phenoxy) is 2. The Hall–Kier alpha value is -4.23. The maximum absolute atomic E-state index is 11.2. The number of aliphatic hydroxyl groups excluding tert-OH is 2. The molecule has 0 saturated heterocycles. The molecular weight excluding hydrogens is 695 g/mol. The van der Waals surface area contributed by atoms with Gasteiger partial charge in [0.05, 0.1) is 28.4 Å². The van der Waals surface area contributed by atoms with Gasteiger partial charge in [-0.3, -0.25) is 15.1 Å². The summed E-state index contributed by atoms with van der Waals surface area (Å²) in [6, 6.07) is 15.6. The van der Waals surface area contributed by atoms with Crippen molar-refractivity contribution >= 4 is 23.2 Å². The number of hydrogen-bond donors (Lipinski definition) is 3. The van der Waals surface area contributed by atoms with Gasteiger partial charge in [-0.25, -0.2) is 0 Å². The molecule has 53 heavy (non-hydrogen) atoms. The van der Waals surface area contributed by atoms with Gasteiger partial charge in [0.2, 0.25) is 5.79 Å². The Bertz CT molecular complexity index is 1750. The number of hydrogen-bond acceptors (Lipinski definition) is 11. The molecule has 0 bridgehead atoms. The number of nitrogens with zero attached hydrogens (tertiary/aromatic N) is 3. The van der Waals surface area contributed by atoms with Crippen LogP contribution in [0.5, 0.6) is 11.5 Å². The van der Waals surface area contributed by atoms with Crippen LogP contribution in [0, 0.1) is 27.9 Å². The molecule has 2 aromatic carbocycles. The second kappa shape index (κ2) is 18.2. The quantitative estimate of drug-likeness (QED) is 0.0486. The Morgan fingerprint density at radius 3 is 2.51 bits per heavy atom. The van der Waals surface area contributed by atoms with Crippen LogP contribution >= 0.6 is 11.8 Å². The molecular formula is C41H49N3O8S. The van der Waals surface area contributed by atoms with Crippen molar-refractivity contribution in [1.29, 1.82) is 0 Å². The molecule has 0 spiro atoms. The van der Waals surface area contributed by atoms with E-state index in [0.29, 0.717) is 25.0 Å². The summed E-state index contributed by atoms with van der Waals surface area (Å²) in [5.74, 6) is 0.372. The number of aromatic nitrogens is 1. The van der Waals surface area contributed by atoms with Gasteiger partial charge in [0.25, 0.3) is 5.69 Å². The summed E-state index contributed by atoms with van der Waals surface area (Å²) in [6.45, 7) is 4.62. The molecule has 6 atom stereocenters. The van der Waals surface area contributed by atoms with E-state index in [1.807, 2.05) is 24.3 Å². The third-order valence-corrected chi connectivity index (χ3v) is 12.0. The van der Waals surface area contributed by atoms with Gasteiger partial charge in [0.15, 0.2) is 0 Å². The summed E-state index contributed by atoms with van der Waals surface area (Å²) >= 11 is 1.78. The molecule has 3 aromatic rings. The van der Waals surface area contributed by atoms with Gasteiger partial charge in [0, 0.05) is 55.6 Å². The zero-order valence-corrected chi connectivity index (χ0v) is 30.7. The first-order valence-corrected chi connectivity index (χ1v) is 19.6. The van der Waals surface area contributed by atoms with E-state index >= 15 is 0 Å². The topological polar surface area (TPSA) is 157 Å². The molecule has 0 radical (unpaired) electrons. The number of nitro groups is 1. The number of phenols is 1.